The van der Waals surface area contributed by atoms with E-state index >= 15 is 0 Å². The molecule has 1 aliphatic heterocycles. The van der Waals surface area contributed by atoms with Crippen LogP contribution >= 0.6 is 0 Å². The number of H-pyrrole nitrogens is 1. The summed E-state index contributed by atoms with van der Waals surface area (Å²) in [5.41, 5.74) is 1.93. The number of ether oxygens (including phenoxy) is 1. The van der Waals surface area contributed by atoms with Gasteiger partial charge in [0, 0.05) is 32.5 Å². The lowest BCUT2D eigenvalue weighted by Gasteiger charge is -2.33. The number of carbonyl (C=O) groups excluding carboxylic acids is 1. The molecule has 2 aromatic heterocycles. The zero-order chi connectivity index (χ0) is 19.3. The lowest BCUT2D eigenvalue weighted by atomic mass is 10.1. The zero-order valence-corrected chi connectivity index (χ0v) is 16.1. The van der Waals surface area contributed by atoms with Crippen molar-refractivity contribution in [1.29, 1.82) is 0 Å². The number of aromatic amines is 1. The Kier molecular flexibility index (Phi) is 5.73. The molecule has 1 saturated heterocycles. The van der Waals surface area contributed by atoms with Crippen molar-refractivity contribution in [2.45, 2.75) is 25.8 Å². The van der Waals surface area contributed by atoms with Crippen molar-refractivity contribution in [3.8, 4) is 0 Å². The number of aryl methyl sites for hydroxylation is 2. The van der Waals surface area contributed by atoms with E-state index in [2.05, 4.69) is 20.2 Å². The molecule has 7 nitrogen and oxygen atoms in total. The minimum absolute atomic E-state index is 0.0157. The van der Waals surface area contributed by atoms with Crippen LogP contribution in [0.25, 0.3) is 11.0 Å². The molecule has 0 aliphatic carbocycles. The highest BCUT2D eigenvalue weighted by molar-refractivity contribution is 5.77. The lowest BCUT2D eigenvalue weighted by Crippen LogP contribution is -2.43. The van der Waals surface area contributed by atoms with Gasteiger partial charge in [-0.1, -0.05) is 12.1 Å². The number of hydrogen-bond donors (Lipinski definition) is 2. The van der Waals surface area contributed by atoms with Gasteiger partial charge in [-0.25, -0.2) is 4.98 Å². The Morgan fingerprint density at radius 3 is 2.82 bits per heavy atom. The van der Waals surface area contributed by atoms with Crippen molar-refractivity contribution in [3.63, 3.8) is 0 Å². The summed E-state index contributed by atoms with van der Waals surface area (Å²) in [6, 6.07) is 11.9. The van der Waals surface area contributed by atoms with Crippen molar-refractivity contribution in [3.05, 3.63) is 53.7 Å². The summed E-state index contributed by atoms with van der Waals surface area (Å²) in [6.07, 6.45) is 0.982. The van der Waals surface area contributed by atoms with E-state index in [9.17, 15) is 4.79 Å². The highest BCUT2D eigenvalue weighted by Gasteiger charge is 2.25. The molecule has 0 bridgehead atoms. The number of nitrogens with zero attached hydrogens (tertiary/aromatic N) is 2. The topological polar surface area (TPSA) is 83.4 Å². The van der Waals surface area contributed by atoms with Gasteiger partial charge in [-0.05, 0) is 31.2 Å². The molecule has 1 aliphatic rings. The second kappa shape index (κ2) is 8.58. The SMILES string of the molecule is Cc1ccc([C@H](CNC(=O)CCc2nc3ccccc3[nH]2)N2CCOCC2)o1. The van der Waals surface area contributed by atoms with Crippen LogP contribution in [0.3, 0.4) is 0 Å². The van der Waals surface area contributed by atoms with E-state index in [1.807, 2.05) is 43.3 Å². The summed E-state index contributed by atoms with van der Waals surface area (Å²) < 4.78 is 11.3. The van der Waals surface area contributed by atoms with Gasteiger partial charge in [0.1, 0.15) is 17.3 Å². The summed E-state index contributed by atoms with van der Waals surface area (Å²) >= 11 is 0. The first-order chi connectivity index (χ1) is 13.7. The Bertz CT molecular complexity index is 894. The number of furan rings is 1. The summed E-state index contributed by atoms with van der Waals surface area (Å²) in [7, 11) is 0. The van der Waals surface area contributed by atoms with Crippen LogP contribution in [-0.2, 0) is 16.0 Å². The first-order valence-corrected chi connectivity index (χ1v) is 9.77. The number of amides is 1. The number of aromatic nitrogens is 2. The van der Waals surface area contributed by atoms with Crippen molar-refractivity contribution in [2.24, 2.45) is 0 Å². The summed E-state index contributed by atoms with van der Waals surface area (Å²) in [4.78, 5) is 22.5. The number of nitrogens with one attached hydrogen (secondary N) is 2. The normalized spacial score (nSPS) is 16.3. The molecule has 3 heterocycles. The standard InChI is InChI=1S/C21H26N4O3/c1-15-6-7-19(28-15)18(25-10-12-27-13-11-25)14-22-21(26)9-8-20-23-16-4-2-3-5-17(16)24-20/h2-7,18H,8-14H2,1H3,(H,22,26)(H,23,24)/t18-/m0/s1. The van der Waals surface area contributed by atoms with Gasteiger partial charge in [-0.2, -0.15) is 0 Å². The fraction of sp³-hybridized carbons (Fsp3) is 0.429. The van der Waals surface area contributed by atoms with Crippen molar-refractivity contribution >= 4 is 16.9 Å². The smallest absolute Gasteiger partial charge is 0.220 e. The third kappa shape index (κ3) is 4.43. The van der Waals surface area contributed by atoms with E-state index in [1.54, 1.807) is 0 Å². The molecular formula is C21H26N4O3. The maximum atomic E-state index is 12.4. The fourth-order valence-corrected chi connectivity index (χ4v) is 3.59. The van der Waals surface area contributed by atoms with Crippen LogP contribution in [-0.4, -0.2) is 53.6 Å². The minimum atomic E-state index is 0.0157. The van der Waals surface area contributed by atoms with Gasteiger partial charge in [0.2, 0.25) is 5.91 Å². The van der Waals surface area contributed by atoms with Crippen molar-refractivity contribution < 1.29 is 13.9 Å². The Balaban J connectivity index is 1.34. The van der Waals surface area contributed by atoms with E-state index in [-0.39, 0.29) is 11.9 Å². The summed E-state index contributed by atoms with van der Waals surface area (Å²) in [5, 5.41) is 3.07. The maximum absolute atomic E-state index is 12.4. The third-order valence-corrected chi connectivity index (χ3v) is 5.10. The second-order valence-electron chi connectivity index (χ2n) is 7.12. The van der Waals surface area contributed by atoms with Crippen molar-refractivity contribution in [1.82, 2.24) is 20.2 Å². The number of hydrogen-bond acceptors (Lipinski definition) is 5. The molecule has 0 spiro atoms. The largest absolute Gasteiger partial charge is 0.465 e. The number of rotatable bonds is 7. The number of benzene rings is 1. The van der Waals surface area contributed by atoms with Crippen LogP contribution in [0.15, 0.2) is 40.8 Å². The van der Waals surface area contributed by atoms with Crippen LogP contribution in [0.1, 0.15) is 29.8 Å². The van der Waals surface area contributed by atoms with Gasteiger partial charge in [0.05, 0.1) is 30.3 Å². The van der Waals surface area contributed by atoms with Crippen LogP contribution in [0.2, 0.25) is 0 Å². The van der Waals surface area contributed by atoms with Crippen LogP contribution in [0.5, 0.6) is 0 Å². The van der Waals surface area contributed by atoms with Gasteiger partial charge in [-0.3, -0.25) is 9.69 Å². The molecule has 3 aromatic rings. The zero-order valence-electron chi connectivity index (χ0n) is 16.1. The van der Waals surface area contributed by atoms with Crippen LogP contribution in [0, 0.1) is 6.92 Å². The molecule has 148 valence electrons. The third-order valence-electron chi connectivity index (χ3n) is 5.10. The van der Waals surface area contributed by atoms with E-state index in [1.165, 1.54) is 0 Å². The van der Waals surface area contributed by atoms with Gasteiger partial charge in [0.25, 0.3) is 0 Å². The molecule has 28 heavy (non-hydrogen) atoms. The predicted octanol–water partition coefficient (Wildman–Crippen LogP) is 2.59. The van der Waals surface area contributed by atoms with Gasteiger partial charge in [0.15, 0.2) is 0 Å². The van der Waals surface area contributed by atoms with E-state index in [4.69, 9.17) is 9.15 Å². The average molecular weight is 382 g/mol. The quantitative estimate of drug-likeness (QED) is 0.656. The monoisotopic (exact) mass is 382 g/mol. The molecule has 1 fully saturated rings. The molecule has 1 atom stereocenters. The second-order valence-corrected chi connectivity index (χ2v) is 7.12. The number of imidazole rings is 1. The highest BCUT2D eigenvalue weighted by Crippen LogP contribution is 2.23. The Morgan fingerprint density at radius 2 is 2.07 bits per heavy atom. The number of carbonyl (C=O) groups is 1. The first-order valence-electron chi connectivity index (χ1n) is 9.77. The minimum Gasteiger partial charge on any atom is -0.465 e. The molecule has 0 saturated carbocycles. The van der Waals surface area contributed by atoms with E-state index in [0.29, 0.717) is 32.6 Å². The molecule has 1 aromatic carbocycles. The molecule has 1 amide bonds. The maximum Gasteiger partial charge on any atom is 0.220 e. The van der Waals surface area contributed by atoms with Crippen LogP contribution < -0.4 is 5.32 Å². The lowest BCUT2D eigenvalue weighted by molar-refractivity contribution is -0.121. The molecule has 7 heteroatoms. The van der Waals surface area contributed by atoms with Gasteiger partial charge >= 0.3 is 0 Å². The summed E-state index contributed by atoms with van der Waals surface area (Å²) in [5.74, 6) is 2.62. The van der Waals surface area contributed by atoms with E-state index in [0.717, 1.165) is 41.5 Å². The molecule has 4 rings (SSSR count). The summed E-state index contributed by atoms with van der Waals surface area (Å²) in [6.45, 7) is 5.53. The Labute approximate surface area is 164 Å². The Morgan fingerprint density at radius 1 is 1.25 bits per heavy atom. The van der Waals surface area contributed by atoms with Gasteiger partial charge < -0.3 is 19.5 Å². The van der Waals surface area contributed by atoms with Crippen LogP contribution in [0.4, 0.5) is 0 Å². The molecular weight excluding hydrogens is 356 g/mol. The highest BCUT2D eigenvalue weighted by atomic mass is 16.5. The predicted molar refractivity (Wildman–Crippen MR) is 106 cm³/mol. The molecule has 2 N–H and O–H groups in total. The molecule has 0 radical (unpaired) electrons. The van der Waals surface area contributed by atoms with Gasteiger partial charge in [-0.15, -0.1) is 0 Å². The average Bonchev–Trinajstić information content (AvgIpc) is 3.33. The Hall–Kier alpha value is -2.64. The number of fused-ring (bicyclic) bond motifs is 1. The number of morpholine rings is 1. The fourth-order valence-electron chi connectivity index (χ4n) is 3.59. The molecule has 0 unspecified atom stereocenters. The van der Waals surface area contributed by atoms with E-state index < -0.39 is 0 Å². The first kappa shape index (κ1) is 18.7. The van der Waals surface area contributed by atoms with Crippen molar-refractivity contribution in [2.75, 3.05) is 32.8 Å². The number of para-hydroxylation sites is 2.